The van der Waals surface area contributed by atoms with Gasteiger partial charge in [0.05, 0.1) is 30.9 Å². The number of carbonyl (C=O) groups excluding carboxylic acids is 1. The van der Waals surface area contributed by atoms with Gasteiger partial charge in [-0.3, -0.25) is 4.79 Å². The van der Waals surface area contributed by atoms with Gasteiger partial charge in [-0.25, -0.2) is 5.43 Å². The van der Waals surface area contributed by atoms with Crippen LogP contribution in [0.2, 0.25) is 0 Å². The zero-order valence-corrected chi connectivity index (χ0v) is 16.4. The molecule has 138 valence electrons. The number of hydrazone groups is 1. The number of carbonyl (C=O) groups is 1. The van der Waals surface area contributed by atoms with Crippen LogP contribution in [0, 0.1) is 0 Å². The molecule has 1 amide bonds. The third kappa shape index (κ3) is 6.07. The van der Waals surface area contributed by atoms with E-state index in [0.717, 1.165) is 22.1 Å². The first-order valence-corrected chi connectivity index (χ1v) is 9.04. The van der Waals surface area contributed by atoms with E-state index in [0.29, 0.717) is 18.1 Å². The number of ether oxygens (including phenoxy) is 2. The van der Waals surface area contributed by atoms with E-state index < -0.39 is 0 Å². The summed E-state index contributed by atoms with van der Waals surface area (Å²) >= 11 is 3.48. The molecule has 2 rings (SSSR count). The maximum absolute atomic E-state index is 11.8. The number of para-hydroxylation sites is 1. The zero-order valence-electron chi connectivity index (χ0n) is 14.8. The first-order chi connectivity index (χ1) is 12.6. The van der Waals surface area contributed by atoms with Crippen molar-refractivity contribution in [1.29, 1.82) is 0 Å². The molecule has 7 heteroatoms. The maximum atomic E-state index is 11.8. The predicted molar refractivity (Wildman–Crippen MR) is 107 cm³/mol. The summed E-state index contributed by atoms with van der Waals surface area (Å²) in [5, 5.41) is 7.00. The van der Waals surface area contributed by atoms with Crippen molar-refractivity contribution in [1.82, 2.24) is 5.43 Å². The summed E-state index contributed by atoms with van der Waals surface area (Å²) in [6.07, 6.45) is 2.46. The molecule has 2 aromatic rings. The maximum Gasteiger partial charge on any atom is 0.259 e. The van der Waals surface area contributed by atoms with Crippen molar-refractivity contribution in [2.24, 2.45) is 5.10 Å². The van der Waals surface area contributed by atoms with E-state index in [1.807, 2.05) is 43.3 Å². The van der Waals surface area contributed by atoms with Gasteiger partial charge in [-0.15, -0.1) is 0 Å². The molecule has 0 radical (unpaired) electrons. The lowest BCUT2D eigenvalue weighted by atomic mass is 10.2. The van der Waals surface area contributed by atoms with E-state index in [1.165, 1.54) is 0 Å². The Morgan fingerprint density at radius 2 is 2.04 bits per heavy atom. The highest BCUT2D eigenvalue weighted by Crippen LogP contribution is 2.36. The number of benzene rings is 2. The van der Waals surface area contributed by atoms with Crippen LogP contribution in [-0.4, -0.2) is 32.4 Å². The summed E-state index contributed by atoms with van der Waals surface area (Å²) in [6.45, 7) is 2.78. The number of rotatable bonds is 9. The van der Waals surface area contributed by atoms with Crippen LogP contribution in [0.15, 0.2) is 52.0 Å². The van der Waals surface area contributed by atoms with Gasteiger partial charge in [-0.05, 0) is 52.2 Å². The molecule has 0 bridgehead atoms. The van der Waals surface area contributed by atoms with Crippen molar-refractivity contribution in [2.45, 2.75) is 13.3 Å². The van der Waals surface area contributed by atoms with E-state index in [4.69, 9.17) is 9.47 Å². The monoisotopic (exact) mass is 419 g/mol. The molecule has 0 aliphatic rings. The second kappa shape index (κ2) is 10.5. The molecule has 0 aliphatic carbocycles. The van der Waals surface area contributed by atoms with E-state index in [-0.39, 0.29) is 12.5 Å². The average Bonchev–Trinajstić information content (AvgIpc) is 2.66. The Labute approximate surface area is 161 Å². The third-order valence-corrected chi connectivity index (χ3v) is 3.92. The first-order valence-electron chi connectivity index (χ1n) is 8.25. The highest BCUT2D eigenvalue weighted by molar-refractivity contribution is 9.10. The summed E-state index contributed by atoms with van der Waals surface area (Å²) < 4.78 is 11.8. The lowest BCUT2D eigenvalue weighted by molar-refractivity contribution is -0.119. The van der Waals surface area contributed by atoms with Gasteiger partial charge in [-0.1, -0.05) is 25.1 Å². The fraction of sp³-hybridized carbons (Fsp3) is 0.263. The number of hydrogen-bond donors (Lipinski definition) is 2. The van der Waals surface area contributed by atoms with Crippen LogP contribution < -0.4 is 20.2 Å². The summed E-state index contributed by atoms with van der Waals surface area (Å²) in [5.74, 6) is 1.02. The van der Waals surface area contributed by atoms with Gasteiger partial charge in [-0.2, -0.15) is 5.10 Å². The van der Waals surface area contributed by atoms with Crippen LogP contribution in [0.3, 0.4) is 0 Å². The van der Waals surface area contributed by atoms with Crippen molar-refractivity contribution < 1.29 is 14.3 Å². The Morgan fingerprint density at radius 1 is 1.27 bits per heavy atom. The number of halogens is 1. The highest BCUT2D eigenvalue weighted by Gasteiger charge is 2.11. The van der Waals surface area contributed by atoms with Gasteiger partial charge in [0.1, 0.15) is 0 Å². The van der Waals surface area contributed by atoms with Crippen LogP contribution >= 0.6 is 15.9 Å². The number of amides is 1. The Morgan fingerprint density at radius 3 is 2.73 bits per heavy atom. The van der Waals surface area contributed by atoms with E-state index in [1.54, 1.807) is 19.4 Å². The van der Waals surface area contributed by atoms with E-state index in [9.17, 15) is 4.79 Å². The summed E-state index contributed by atoms with van der Waals surface area (Å²) in [4.78, 5) is 11.8. The quantitative estimate of drug-likeness (QED) is 0.478. The van der Waals surface area contributed by atoms with E-state index in [2.05, 4.69) is 31.8 Å². The van der Waals surface area contributed by atoms with Crippen molar-refractivity contribution in [3.63, 3.8) is 0 Å². The standard InChI is InChI=1S/C19H22BrN3O3/c1-3-9-26-19-16(20)10-14(11-17(19)25-2)12-22-23-18(24)13-21-15-7-5-4-6-8-15/h4-8,10-12,21H,3,9,13H2,1-2H3,(H,23,24)/b22-12+. The summed E-state index contributed by atoms with van der Waals surface area (Å²) in [6, 6.07) is 13.2. The Hall–Kier alpha value is -2.54. The Balaban J connectivity index is 1.92. The molecular formula is C19H22BrN3O3. The SMILES string of the molecule is CCCOc1c(Br)cc(/C=N/NC(=O)CNc2ccccc2)cc1OC. The van der Waals surface area contributed by atoms with Crippen molar-refractivity contribution in [3.8, 4) is 11.5 Å². The van der Waals surface area contributed by atoms with Crippen LogP contribution in [0.5, 0.6) is 11.5 Å². The summed E-state index contributed by atoms with van der Waals surface area (Å²) in [5.41, 5.74) is 4.14. The minimum atomic E-state index is -0.237. The molecule has 0 unspecified atom stereocenters. The molecule has 0 atom stereocenters. The van der Waals surface area contributed by atoms with Gasteiger partial charge in [0.2, 0.25) is 0 Å². The largest absolute Gasteiger partial charge is 0.493 e. The molecule has 0 saturated heterocycles. The topological polar surface area (TPSA) is 72.0 Å². The second-order valence-electron chi connectivity index (χ2n) is 5.40. The average molecular weight is 420 g/mol. The van der Waals surface area contributed by atoms with Gasteiger partial charge in [0.25, 0.3) is 5.91 Å². The van der Waals surface area contributed by atoms with Crippen LogP contribution in [0.4, 0.5) is 5.69 Å². The molecule has 0 spiro atoms. The van der Waals surface area contributed by atoms with Gasteiger partial charge >= 0.3 is 0 Å². The third-order valence-electron chi connectivity index (χ3n) is 3.33. The minimum Gasteiger partial charge on any atom is -0.493 e. The number of hydrogen-bond acceptors (Lipinski definition) is 5. The smallest absolute Gasteiger partial charge is 0.259 e. The highest BCUT2D eigenvalue weighted by atomic mass is 79.9. The number of nitrogens with one attached hydrogen (secondary N) is 2. The van der Waals surface area contributed by atoms with Crippen molar-refractivity contribution in [2.75, 3.05) is 25.6 Å². The van der Waals surface area contributed by atoms with Crippen molar-refractivity contribution in [3.05, 3.63) is 52.5 Å². The van der Waals surface area contributed by atoms with Crippen LogP contribution in [0.1, 0.15) is 18.9 Å². The molecule has 0 aliphatic heterocycles. The fourth-order valence-corrected chi connectivity index (χ4v) is 2.69. The van der Waals surface area contributed by atoms with E-state index >= 15 is 0 Å². The molecule has 2 N–H and O–H groups in total. The molecule has 0 saturated carbocycles. The van der Waals surface area contributed by atoms with Crippen molar-refractivity contribution >= 4 is 33.7 Å². The van der Waals surface area contributed by atoms with Gasteiger partial charge in [0, 0.05) is 5.69 Å². The lowest BCUT2D eigenvalue weighted by Crippen LogP contribution is -2.25. The zero-order chi connectivity index (χ0) is 18.8. The molecule has 0 aromatic heterocycles. The molecule has 0 fully saturated rings. The Bertz CT molecular complexity index is 751. The summed E-state index contributed by atoms with van der Waals surface area (Å²) in [7, 11) is 1.58. The lowest BCUT2D eigenvalue weighted by Gasteiger charge is -2.12. The Kier molecular flexibility index (Phi) is 7.95. The van der Waals surface area contributed by atoms with Gasteiger partial charge < -0.3 is 14.8 Å². The second-order valence-corrected chi connectivity index (χ2v) is 6.25. The number of methoxy groups -OCH3 is 1. The van der Waals surface area contributed by atoms with Crippen LogP contribution in [0.25, 0.3) is 0 Å². The minimum absolute atomic E-state index is 0.137. The molecule has 2 aromatic carbocycles. The normalized spacial score (nSPS) is 10.6. The molecular weight excluding hydrogens is 398 g/mol. The number of nitrogens with zero attached hydrogens (tertiary/aromatic N) is 1. The molecule has 0 heterocycles. The number of anilines is 1. The predicted octanol–water partition coefficient (Wildman–Crippen LogP) is 3.81. The fourth-order valence-electron chi connectivity index (χ4n) is 2.12. The van der Waals surface area contributed by atoms with Gasteiger partial charge in [0.15, 0.2) is 11.5 Å². The molecule has 26 heavy (non-hydrogen) atoms. The first kappa shape index (κ1) is 19.8. The van der Waals surface area contributed by atoms with Crippen LogP contribution in [-0.2, 0) is 4.79 Å². The molecule has 6 nitrogen and oxygen atoms in total.